The van der Waals surface area contributed by atoms with Crippen LogP contribution in [0.25, 0.3) is 0 Å². The van der Waals surface area contributed by atoms with E-state index in [0.717, 1.165) is 5.56 Å². The van der Waals surface area contributed by atoms with Gasteiger partial charge in [-0.05, 0) is 12.0 Å². The minimum Gasteiger partial charge on any atom is -0.481 e. The molecule has 2 unspecified atom stereocenters. The third-order valence-electron chi connectivity index (χ3n) is 3.76. The summed E-state index contributed by atoms with van der Waals surface area (Å²) in [5.41, 5.74) is 1.15. The number of carboxylic acids is 1. The fourth-order valence-corrected chi connectivity index (χ4v) is 2.81. The van der Waals surface area contributed by atoms with Gasteiger partial charge >= 0.3 is 5.97 Å². The lowest BCUT2D eigenvalue weighted by atomic mass is 9.86. The SMILES string of the molecule is CCC1C(C(=O)O)C(=O)CCN1Cc1ccccc1.Cl. The molecular weight excluding hydrogens is 278 g/mol. The second-order valence-corrected chi connectivity index (χ2v) is 4.96. The van der Waals surface area contributed by atoms with Crippen LogP contribution < -0.4 is 0 Å². The maximum absolute atomic E-state index is 11.8. The summed E-state index contributed by atoms with van der Waals surface area (Å²) in [6.07, 6.45) is 1.01. The predicted octanol–water partition coefficient (Wildman–Crippen LogP) is 2.36. The second-order valence-electron chi connectivity index (χ2n) is 4.96. The molecule has 0 radical (unpaired) electrons. The molecule has 0 aromatic heterocycles. The van der Waals surface area contributed by atoms with Crippen LogP contribution in [0.3, 0.4) is 0 Å². The molecule has 2 atom stereocenters. The van der Waals surface area contributed by atoms with Crippen LogP contribution in [0.4, 0.5) is 0 Å². The number of nitrogens with zero attached hydrogens (tertiary/aromatic N) is 1. The highest BCUT2D eigenvalue weighted by Gasteiger charge is 2.40. The molecule has 0 amide bonds. The van der Waals surface area contributed by atoms with E-state index >= 15 is 0 Å². The molecule has 4 nitrogen and oxygen atoms in total. The van der Waals surface area contributed by atoms with E-state index in [1.54, 1.807) is 0 Å². The normalized spacial score (nSPS) is 23.1. The average molecular weight is 298 g/mol. The first-order valence-electron chi connectivity index (χ1n) is 6.67. The monoisotopic (exact) mass is 297 g/mol. The van der Waals surface area contributed by atoms with E-state index in [4.69, 9.17) is 0 Å². The highest BCUT2D eigenvalue weighted by molar-refractivity contribution is 5.99. The van der Waals surface area contributed by atoms with E-state index in [1.807, 2.05) is 37.3 Å². The fourth-order valence-electron chi connectivity index (χ4n) is 2.81. The number of piperidine rings is 1. The van der Waals surface area contributed by atoms with Gasteiger partial charge in [-0.15, -0.1) is 12.4 Å². The van der Waals surface area contributed by atoms with Crippen molar-refractivity contribution in [3.8, 4) is 0 Å². The summed E-state index contributed by atoms with van der Waals surface area (Å²) in [5, 5.41) is 9.25. The first-order chi connectivity index (χ1) is 9.13. The number of hydrogen-bond acceptors (Lipinski definition) is 3. The van der Waals surface area contributed by atoms with E-state index in [2.05, 4.69) is 4.90 Å². The van der Waals surface area contributed by atoms with Crippen molar-refractivity contribution in [1.82, 2.24) is 4.90 Å². The van der Waals surface area contributed by atoms with E-state index in [9.17, 15) is 14.7 Å². The third-order valence-corrected chi connectivity index (χ3v) is 3.76. The summed E-state index contributed by atoms with van der Waals surface area (Å²) in [7, 11) is 0. The van der Waals surface area contributed by atoms with Crippen molar-refractivity contribution in [3.05, 3.63) is 35.9 Å². The van der Waals surface area contributed by atoms with Crippen molar-refractivity contribution in [2.75, 3.05) is 6.54 Å². The molecule has 1 aliphatic heterocycles. The number of hydrogen-bond donors (Lipinski definition) is 1. The summed E-state index contributed by atoms with van der Waals surface area (Å²) >= 11 is 0. The lowest BCUT2D eigenvalue weighted by Crippen LogP contribution is -2.51. The maximum Gasteiger partial charge on any atom is 0.315 e. The number of carbonyl (C=O) groups excluding carboxylic acids is 1. The molecular formula is C15H20ClNO3. The zero-order valence-corrected chi connectivity index (χ0v) is 12.3. The van der Waals surface area contributed by atoms with Crippen LogP contribution in [0, 0.1) is 5.92 Å². The number of Topliss-reactive ketones (excluding diaryl/α,β-unsaturated/α-hetero) is 1. The Morgan fingerprint density at radius 1 is 1.35 bits per heavy atom. The Labute approximate surface area is 125 Å². The molecule has 20 heavy (non-hydrogen) atoms. The maximum atomic E-state index is 11.8. The van der Waals surface area contributed by atoms with Crippen LogP contribution in [-0.2, 0) is 16.1 Å². The first kappa shape index (κ1) is 16.7. The molecule has 1 aromatic rings. The van der Waals surface area contributed by atoms with Crippen LogP contribution in [0.5, 0.6) is 0 Å². The number of ketones is 1. The zero-order valence-electron chi connectivity index (χ0n) is 11.5. The molecule has 1 N–H and O–H groups in total. The van der Waals surface area contributed by atoms with Crippen LogP contribution >= 0.6 is 12.4 Å². The van der Waals surface area contributed by atoms with Gasteiger partial charge in [0.05, 0.1) is 0 Å². The van der Waals surface area contributed by atoms with Crippen molar-refractivity contribution in [1.29, 1.82) is 0 Å². The number of likely N-dealkylation sites (tertiary alicyclic amines) is 1. The van der Waals surface area contributed by atoms with Gasteiger partial charge < -0.3 is 5.11 Å². The Morgan fingerprint density at radius 3 is 2.55 bits per heavy atom. The minimum absolute atomic E-state index is 0. The van der Waals surface area contributed by atoms with Crippen molar-refractivity contribution in [3.63, 3.8) is 0 Å². The molecule has 0 bridgehead atoms. The Balaban J connectivity index is 0.00000200. The van der Waals surface area contributed by atoms with Crippen LogP contribution in [-0.4, -0.2) is 34.3 Å². The molecule has 1 aliphatic rings. The molecule has 0 aliphatic carbocycles. The number of aliphatic carboxylic acids is 1. The molecule has 1 fully saturated rings. The van der Waals surface area contributed by atoms with Crippen molar-refractivity contribution in [2.45, 2.75) is 32.4 Å². The molecule has 0 spiro atoms. The molecule has 1 heterocycles. The molecule has 2 rings (SSSR count). The standard InChI is InChI=1S/C15H19NO3.ClH/c1-2-12-14(15(18)19)13(17)8-9-16(12)10-11-6-4-3-5-7-11;/h3-7,12,14H,2,8-10H2,1H3,(H,18,19);1H. The van der Waals surface area contributed by atoms with E-state index in [1.165, 1.54) is 0 Å². The average Bonchev–Trinajstić information content (AvgIpc) is 2.41. The zero-order chi connectivity index (χ0) is 13.8. The number of rotatable bonds is 4. The van der Waals surface area contributed by atoms with Crippen molar-refractivity contribution < 1.29 is 14.7 Å². The van der Waals surface area contributed by atoms with Gasteiger partial charge in [0.25, 0.3) is 0 Å². The lowest BCUT2D eigenvalue weighted by Gasteiger charge is -2.38. The predicted molar refractivity (Wildman–Crippen MR) is 78.9 cm³/mol. The van der Waals surface area contributed by atoms with Gasteiger partial charge in [-0.3, -0.25) is 14.5 Å². The van der Waals surface area contributed by atoms with Gasteiger partial charge in [-0.2, -0.15) is 0 Å². The van der Waals surface area contributed by atoms with Gasteiger partial charge in [0.15, 0.2) is 0 Å². The summed E-state index contributed by atoms with van der Waals surface area (Å²) in [4.78, 5) is 25.2. The van der Waals surface area contributed by atoms with Crippen LogP contribution in [0.15, 0.2) is 30.3 Å². The summed E-state index contributed by atoms with van der Waals surface area (Å²) in [6.45, 7) is 3.30. The Bertz CT molecular complexity index is 463. The molecule has 1 aromatic carbocycles. The van der Waals surface area contributed by atoms with Gasteiger partial charge in [0.2, 0.25) is 0 Å². The van der Waals surface area contributed by atoms with Crippen molar-refractivity contribution in [2.24, 2.45) is 5.92 Å². The topological polar surface area (TPSA) is 57.6 Å². The number of carbonyl (C=O) groups is 2. The molecule has 0 saturated carbocycles. The first-order valence-corrected chi connectivity index (χ1v) is 6.67. The van der Waals surface area contributed by atoms with Crippen molar-refractivity contribution >= 4 is 24.2 Å². The second kappa shape index (κ2) is 7.41. The number of carboxylic acid groups (broad SMARTS) is 1. The quantitative estimate of drug-likeness (QED) is 0.867. The third kappa shape index (κ3) is 3.58. The number of halogens is 1. The van der Waals surface area contributed by atoms with Gasteiger partial charge in [-0.25, -0.2) is 0 Å². The largest absolute Gasteiger partial charge is 0.481 e. The number of benzene rings is 1. The van der Waals surface area contributed by atoms with E-state index in [-0.39, 0.29) is 24.2 Å². The van der Waals surface area contributed by atoms with Gasteiger partial charge in [0, 0.05) is 25.6 Å². The summed E-state index contributed by atoms with van der Waals surface area (Å²) < 4.78 is 0. The molecule has 110 valence electrons. The Kier molecular flexibility index (Phi) is 6.17. The summed E-state index contributed by atoms with van der Waals surface area (Å²) in [5.74, 6) is -2.00. The van der Waals surface area contributed by atoms with Crippen LogP contribution in [0.2, 0.25) is 0 Å². The fraction of sp³-hybridized carbons (Fsp3) is 0.467. The highest BCUT2D eigenvalue weighted by Crippen LogP contribution is 2.25. The van der Waals surface area contributed by atoms with E-state index in [0.29, 0.717) is 25.9 Å². The molecule has 1 saturated heterocycles. The Hall–Kier alpha value is -1.39. The van der Waals surface area contributed by atoms with E-state index < -0.39 is 11.9 Å². The molecule has 5 heteroatoms. The lowest BCUT2D eigenvalue weighted by molar-refractivity contribution is -0.152. The van der Waals surface area contributed by atoms with Gasteiger partial charge in [-0.1, -0.05) is 37.3 Å². The highest BCUT2D eigenvalue weighted by atomic mass is 35.5. The smallest absolute Gasteiger partial charge is 0.315 e. The Morgan fingerprint density at radius 2 is 2.00 bits per heavy atom. The minimum atomic E-state index is -0.991. The summed E-state index contributed by atoms with van der Waals surface area (Å²) in [6, 6.07) is 9.76. The van der Waals surface area contributed by atoms with Gasteiger partial charge in [0.1, 0.15) is 11.7 Å². The van der Waals surface area contributed by atoms with Crippen LogP contribution in [0.1, 0.15) is 25.3 Å².